The summed E-state index contributed by atoms with van der Waals surface area (Å²) < 4.78 is -0.934. The fourth-order valence-corrected chi connectivity index (χ4v) is 1.96. The van der Waals surface area contributed by atoms with Gasteiger partial charge in [-0.2, -0.15) is 0 Å². The first-order valence-corrected chi connectivity index (χ1v) is 4.47. The van der Waals surface area contributed by atoms with Crippen LogP contribution in [0.5, 0.6) is 0 Å². The fourth-order valence-electron chi connectivity index (χ4n) is 0.884. The van der Waals surface area contributed by atoms with Crippen molar-refractivity contribution in [2.45, 2.75) is 23.6 Å². The Bertz CT molecular complexity index is 175. The van der Waals surface area contributed by atoms with Crippen molar-refractivity contribution in [3.63, 3.8) is 0 Å². The summed E-state index contributed by atoms with van der Waals surface area (Å²) in [7, 11) is 0. The second kappa shape index (κ2) is 4.72. The van der Waals surface area contributed by atoms with Gasteiger partial charge in [0.15, 0.2) is 4.33 Å². The molecule has 1 aliphatic carbocycles. The Morgan fingerprint density at radius 3 is 2.09 bits per heavy atom. The molecular formula is C6H6Cl4Pt+2. The molecule has 0 aromatic heterocycles. The van der Waals surface area contributed by atoms with Crippen LogP contribution < -0.4 is 0 Å². The van der Waals surface area contributed by atoms with Gasteiger partial charge in [-0.3, -0.25) is 0 Å². The monoisotopic (exact) mass is 413 g/mol. The largest absolute Gasteiger partial charge is 2.00 e. The molecule has 0 atom stereocenters. The van der Waals surface area contributed by atoms with Crippen LogP contribution in [-0.2, 0) is 21.1 Å². The fraction of sp³-hybridized carbons (Fsp3) is 0.667. The second-order valence-electron chi connectivity index (χ2n) is 2.28. The van der Waals surface area contributed by atoms with Crippen LogP contribution >= 0.6 is 46.4 Å². The Labute approximate surface area is 100 Å². The summed E-state index contributed by atoms with van der Waals surface area (Å²) in [5.41, 5.74) is 0. The van der Waals surface area contributed by atoms with Crippen LogP contribution in [0.2, 0.25) is 0 Å². The molecule has 0 nitrogen and oxygen atoms in total. The maximum Gasteiger partial charge on any atom is 2.00 e. The molecule has 1 rings (SSSR count). The predicted octanol–water partition coefficient (Wildman–Crippen LogP) is 4.03. The summed E-state index contributed by atoms with van der Waals surface area (Å²) in [6.45, 7) is 0. The first kappa shape index (κ1) is 12.6. The zero-order chi connectivity index (χ0) is 7.78. The average Bonchev–Trinajstić information content (AvgIpc) is 1.83. The number of rotatable bonds is 0. The summed E-state index contributed by atoms with van der Waals surface area (Å²) in [5.74, 6) is 0. The molecule has 0 saturated carbocycles. The van der Waals surface area contributed by atoms with E-state index in [1.54, 1.807) is 0 Å². The van der Waals surface area contributed by atoms with E-state index in [-0.39, 0.29) is 21.1 Å². The van der Waals surface area contributed by atoms with Crippen molar-refractivity contribution < 1.29 is 21.1 Å². The number of hydrogen-bond donors (Lipinski definition) is 0. The molecule has 0 spiro atoms. The van der Waals surface area contributed by atoms with Crippen LogP contribution in [0, 0.1) is 0 Å². The number of alkyl halides is 2. The average molecular weight is 415 g/mol. The van der Waals surface area contributed by atoms with Gasteiger partial charge in [-0.05, 0) is 19.3 Å². The Morgan fingerprint density at radius 1 is 1.18 bits per heavy atom. The summed E-state index contributed by atoms with van der Waals surface area (Å²) in [5, 5.41) is 0.988. The van der Waals surface area contributed by atoms with Crippen molar-refractivity contribution in [1.82, 2.24) is 0 Å². The van der Waals surface area contributed by atoms with Crippen LogP contribution in [0.4, 0.5) is 0 Å². The zero-order valence-corrected chi connectivity index (χ0v) is 10.7. The maximum absolute atomic E-state index is 5.81. The van der Waals surface area contributed by atoms with Gasteiger partial charge in [0.1, 0.15) is 0 Å². The Balaban J connectivity index is 0.000001000. The molecular weight excluding hydrogens is 409 g/mol. The topological polar surface area (TPSA) is 0 Å². The summed E-state index contributed by atoms with van der Waals surface area (Å²) in [4.78, 5) is 0. The molecule has 0 amide bonds. The van der Waals surface area contributed by atoms with Gasteiger partial charge in [0, 0.05) is 5.03 Å². The standard InChI is InChI=1S/C6H6Cl4.Pt/c7-4-2-1-3-6(9,10)5(4)8;/h1-3H2;/q;+2. The van der Waals surface area contributed by atoms with Crippen molar-refractivity contribution >= 4 is 46.4 Å². The molecule has 0 heterocycles. The molecule has 0 aromatic rings. The van der Waals surface area contributed by atoms with Crippen molar-refractivity contribution in [2.75, 3.05) is 0 Å². The molecule has 0 aliphatic heterocycles. The third-order valence-electron chi connectivity index (χ3n) is 1.45. The van der Waals surface area contributed by atoms with Crippen LogP contribution in [0.25, 0.3) is 0 Å². The van der Waals surface area contributed by atoms with Gasteiger partial charge in [-0.15, -0.1) is 0 Å². The molecule has 1 aliphatic rings. The minimum absolute atomic E-state index is 0. The third kappa shape index (κ3) is 3.08. The number of halogens is 4. The van der Waals surface area contributed by atoms with Gasteiger partial charge in [0.2, 0.25) is 0 Å². The minimum Gasteiger partial charge on any atom is -0.0953 e. The van der Waals surface area contributed by atoms with Crippen LogP contribution in [0.1, 0.15) is 19.3 Å². The van der Waals surface area contributed by atoms with Crippen molar-refractivity contribution in [1.29, 1.82) is 0 Å². The Hall–Kier alpha value is 1.59. The molecule has 0 unspecified atom stereocenters. The van der Waals surface area contributed by atoms with Gasteiger partial charge in [-0.1, -0.05) is 46.4 Å². The van der Waals surface area contributed by atoms with E-state index in [0.29, 0.717) is 16.5 Å². The number of hydrogen-bond acceptors (Lipinski definition) is 0. The summed E-state index contributed by atoms with van der Waals surface area (Å²) >= 11 is 23.1. The molecule has 0 aromatic carbocycles. The quantitative estimate of drug-likeness (QED) is 0.525. The molecule has 0 radical (unpaired) electrons. The van der Waals surface area contributed by atoms with Gasteiger partial charge < -0.3 is 0 Å². The van der Waals surface area contributed by atoms with E-state index in [1.807, 2.05) is 0 Å². The van der Waals surface area contributed by atoms with Gasteiger partial charge in [-0.25, -0.2) is 0 Å². The molecule has 0 saturated heterocycles. The van der Waals surface area contributed by atoms with Gasteiger partial charge >= 0.3 is 21.1 Å². The summed E-state index contributed by atoms with van der Waals surface area (Å²) in [6, 6.07) is 0. The van der Waals surface area contributed by atoms with Gasteiger partial charge in [0.25, 0.3) is 0 Å². The zero-order valence-electron chi connectivity index (χ0n) is 5.45. The molecule has 66 valence electrons. The van der Waals surface area contributed by atoms with E-state index in [9.17, 15) is 0 Å². The first-order valence-electron chi connectivity index (χ1n) is 2.96. The number of allylic oxidation sites excluding steroid dienone is 2. The van der Waals surface area contributed by atoms with Crippen LogP contribution in [0.3, 0.4) is 0 Å². The van der Waals surface area contributed by atoms with Crippen molar-refractivity contribution in [3.05, 3.63) is 10.1 Å². The van der Waals surface area contributed by atoms with E-state index < -0.39 is 4.33 Å². The second-order valence-corrected chi connectivity index (χ2v) is 4.60. The maximum atomic E-state index is 5.81. The van der Waals surface area contributed by atoms with Crippen molar-refractivity contribution in [3.8, 4) is 0 Å². The minimum atomic E-state index is -0.934. The van der Waals surface area contributed by atoms with E-state index in [2.05, 4.69) is 0 Å². The Kier molecular flexibility index (Phi) is 5.40. The molecule has 11 heavy (non-hydrogen) atoms. The van der Waals surface area contributed by atoms with Gasteiger partial charge in [0.05, 0.1) is 5.03 Å². The summed E-state index contributed by atoms with van der Waals surface area (Å²) in [6.07, 6.45) is 2.38. The molecule has 0 N–H and O–H groups in total. The smallest absolute Gasteiger partial charge is 0.0953 e. The first-order chi connectivity index (χ1) is 4.54. The van der Waals surface area contributed by atoms with Crippen molar-refractivity contribution in [2.24, 2.45) is 0 Å². The van der Waals surface area contributed by atoms with E-state index in [4.69, 9.17) is 46.4 Å². The van der Waals surface area contributed by atoms with Crippen LogP contribution in [-0.4, -0.2) is 4.33 Å². The molecule has 0 bridgehead atoms. The SMILES string of the molecule is ClC1=C(Cl)C(Cl)(Cl)CCC1.[Pt+2]. The Morgan fingerprint density at radius 2 is 1.73 bits per heavy atom. The van der Waals surface area contributed by atoms with Crippen LogP contribution in [0.15, 0.2) is 10.1 Å². The molecule has 0 fully saturated rings. The van der Waals surface area contributed by atoms with E-state index >= 15 is 0 Å². The third-order valence-corrected chi connectivity index (χ3v) is 3.42. The predicted molar refractivity (Wildman–Crippen MR) is 47.0 cm³/mol. The normalized spacial score (nSPS) is 22.9. The van der Waals surface area contributed by atoms with E-state index in [0.717, 1.165) is 12.8 Å². The molecule has 5 heteroatoms. The van der Waals surface area contributed by atoms with E-state index in [1.165, 1.54) is 0 Å².